The zero-order valence-electron chi connectivity index (χ0n) is 13.5. The highest BCUT2D eigenvalue weighted by atomic mass is 32.1. The van der Waals surface area contributed by atoms with Gasteiger partial charge >= 0.3 is 6.03 Å². The topological polar surface area (TPSA) is 60.0 Å². The fourth-order valence-electron chi connectivity index (χ4n) is 3.03. The van der Waals surface area contributed by atoms with Crippen molar-refractivity contribution < 1.29 is 19.0 Å². The number of ether oxygens (including phenoxy) is 3. The first-order chi connectivity index (χ1) is 11.2. The number of carbonyl (C=O) groups excluding carboxylic acids is 1. The van der Waals surface area contributed by atoms with Crippen LogP contribution in [0.1, 0.15) is 23.8 Å². The van der Waals surface area contributed by atoms with Gasteiger partial charge in [-0.3, -0.25) is 0 Å². The maximum Gasteiger partial charge on any atom is 0.317 e. The molecule has 2 saturated heterocycles. The number of amides is 2. The molecule has 2 fully saturated rings. The average Bonchev–Trinajstić information content (AvgIpc) is 3.15. The van der Waals surface area contributed by atoms with Crippen LogP contribution in [-0.4, -0.2) is 63.1 Å². The van der Waals surface area contributed by atoms with Crippen molar-refractivity contribution in [2.45, 2.75) is 24.5 Å². The van der Waals surface area contributed by atoms with Crippen LogP contribution in [0, 0.1) is 0 Å². The van der Waals surface area contributed by atoms with Crippen molar-refractivity contribution in [3.05, 3.63) is 22.4 Å². The van der Waals surface area contributed by atoms with Gasteiger partial charge in [-0.2, -0.15) is 0 Å². The summed E-state index contributed by atoms with van der Waals surface area (Å²) in [5, 5.41) is 5.07. The Morgan fingerprint density at radius 1 is 1.48 bits per heavy atom. The molecule has 1 aromatic heterocycles. The number of carbonyl (C=O) groups is 1. The Labute approximate surface area is 140 Å². The molecule has 1 atom stereocenters. The van der Waals surface area contributed by atoms with Gasteiger partial charge in [0.15, 0.2) is 0 Å². The molecule has 3 heterocycles. The summed E-state index contributed by atoms with van der Waals surface area (Å²) in [5.74, 6) is 0. The van der Waals surface area contributed by atoms with Crippen LogP contribution in [0.2, 0.25) is 0 Å². The lowest BCUT2D eigenvalue weighted by atomic mass is 9.94. The summed E-state index contributed by atoms with van der Waals surface area (Å²) in [5.41, 5.74) is -0.298. The first kappa shape index (κ1) is 16.7. The average molecular weight is 340 g/mol. The third kappa shape index (κ3) is 4.03. The van der Waals surface area contributed by atoms with E-state index in [2.05, 4.69) is 11.4 Å². The molecule has 128 valence electrons. The lowest BCUT2D eigenvalue weighted by Gasteiger charge is -2.37. The highest BCUT2D eigenvalue weighted by molar-refractivity contribution is 7.10. The Hall–Kier alpha value is -1.15. The second-order valence-corrected chi connectivity index (χ2v) is 6.96. The minimum absolute atomic E-state index is 0.0195. The fourth-order valence-corrected chi connectivity index (χ4v) is 3.79. The van der Waals surface area contributed by atoms with Gasteiger partial charge in [-0.15, -0.1) is 11.3 Å². The molecule has 7 heteroatoms. The van der Waals surface area contributed by atoms with Crippen molar-refractivity contribution in [3.8, 4) is 0 Å². The zero-order valence-corrected chi connectivity index (χ0v) is 14.3. The summed E-state index contributed by atoms with van der Waals surface area (Å²) in [6, 6.07) is 4.02. The standard InChI is InChI=1S/C16H24N2O4S/c1-20-16(4-7-21-8-5-16)12-17-15(19)18-6-9-22-13(11-18)14-3-2-10-23-14/h2-3,10,13H,4-9,11-12H2,1H3,(H,17,19). The van der Waals surface area contributed by atoms with Gasteiger partial charge in [-0.1, -0.05) is 6.07 Å². The molecule has 2 amide bonds. The quantitative estimate of drug-likeness (QED) is 0.911. The summed E-state index contributed by atoms with van der Waals surface area (Å²) in [4.78, 5) is 15.5. The van der Waals surface area contributed by atoms with Gasteiger partial charge in [0.2, 0.25) is 0 Å². The first-order valence-electron chi connectivity index (χ1n) is 8.03. The van der Waals surface area contributed by atoms with Crippen LogP contribution in [0.5, 0.6) is 0 Å². The fraction of sp³-hybridized carbons (Fsp3) is 0.688. The third-order valence-corrected chi connectivity index (χ3v) is 5.58. The minimum atomic E-state index is -0.298. The molecule has 1 N–H and O–H groups in total. The van der Waals surface area contributed by atoms with E-state index in [9.17, 15) is 4.79 Å². The van der Waals surface area contributed by atoms with Gasteiger partial charge in [-0.25, -0.2) is 4.79 Å². The Morgan fingerprint density at radius 2 is 2.30 bits per heavy atom. The zero-order chi connectivity index (χ0) is 16.1. The number of morpholine rings is 1. The molecule has 0 saturated carbocycles. The van der Waals surface area contributed by atoms with Crippen LogP contribution in [-0.2, 0) is 14.2 Å². The normalized spacial score (nSPS) is 24.4. The number of nitrogens with one attached hydrogen (secondary N) is 1. The number of urea groups is 1. The van der Waals surface area contributed by atoms with E-state index in [-0.39, 0.29) is 17.7 Å². The molecule has 0 bridgehead atoms. The maximum absolute atomic E-state index is 12.5. The van der Waals surface area contributed by atoms with E-state index < -0.39 is 0 Å². The van der Waals surface area contributed by atoms with E-state index in [0.29, 0.717) is 39.5 Å². The molecule has 2 aliphatic rings. The minimum Gasteiger partial charge on any atom is -0.381 e. The van der Waals surface area contributed by atoms with E-state index in [1.54, 1.807) is 18.4 Å². The van der Waals surface area contributed by atoms with Gasteiger partial charge in [0, 0.05) is 51.1 Å². The summed E-state index contributed by atoms with van der Waals surface area (Å²) >= 11 is 1.66. The second kappa shape index (κ2) is 7.61. The van der Waals surface area contributed by atoms with E-state index >= 15 is 0 Å². The Kier molecular flexibility index (Phi) is 5.53. The smallest absolute Gasteiger partial charge is 0.317 e. The molecule has 1 unspecified atom stereocenters. The number of nitrogens with zero attached hydrogens (tertiary/aromatic N) is 1. The molecular weight excluding hydrogens is 316 g/mol. The van der Waals surface area contributed by atoms with E-state index in [0.717, 1.165) is 12.8 Å². The van der Waals surface area contributed by atoms with E-state index in [1.165, 1.54) is 4.88 Å². The molecule has 0 aromatic carbocycles. The van der Waals surface area contributed by atoms with Crippen molar-refractivity contribution in [1.29, 1.82) is 0 Å². The Bertz CT molecular complexity index is 502. The number of hydrogen-bond acceptors (Lipinski definition) is 5. The van der Waals surface area contributed by atoms with Crippen LogP contribution < -0.4 is 5.32 Å². The second-order valence-electron chi connectivity index (χ2n) is 5.98. The van der Waals surface area contributed by atoms with Crippen LogP contribution in [0.3, 0.4) is 0 Å². The highest BCUT2D eigenvalue weighted by Gasteiger charge is 2.34. The number of thiophene rings is 1. The first-order valence-corrected chi connectivity index (χ1v) is 8.91. The summed E-state index contributed by atoms with van der Waals surface area (Å²) in [7, 11) is 1.71. The van der Waals surface area contributed by atoms with Gasteiger partial charge in [0.1, 0.15) is 6.10 Å². The van der Waals surface area contributed by atoms with Crippen LogP contribution >= 0.6 is 11.3 Å². The monoisotopic (exact) mass is 340 g/mol. The molecule has 0 spiro atoms. The van der Waals surface area contributed by atoms with Crippen LogP contribution in [0.4, 0.5) is 4.79 Å². The van der Waals surface area contributed by atoms with Crippen molar-refractivity contribution in [1.82, 2.24) is 10.2 Å². The molecule has 1 aromatic rings. The highest BCUT2D eigenvalue weighted by Crippen LogP contribution is 2.26. The van der Waals surface area contributed by atoms with Gasteiger partial charge in [-0.05, 0) is 11.4 Å². The van der Waals surface area contributed by atoms with Crippen LogP contribution in [0.15, 0.2) is 17.5 Å². The Balaban J connectivity index is 1.53. The van der Waals surface area contributed by atoms with E-state index in [1.807, 2.05) is 16.3 Å². The number of hydrogen-bond donors (Lipinski definition) is 1. The summed E-state index contributed by atoms with van der Waals surface area (Å²) < 4.78 is 16.8. The third-order valence-electron chi connectivity index (χ3n) is 4.61. The molecule has 6 nitrogen and oxygen atoms in total. The molecule has 0 aliphatic carbocycles. The van der Waals surface area contributed by atoms with Crippen LogP contribution in [0.25, 0.3) is 0 Å². The largest absolute Gasteiger partial charge is 0.381 e. The summed E-state index contributed by atoms with van der Waals surface area (Å²) in [6.45, 7) is 3.67. The van der Waals surface area contributed by atoms with Crippen molar-refractivity contribution in [3.63, 3.8) is 0 Å². The number of rotatable bonds is 4. The molecule has 0 radical (unpaired) electrons. The van der Waals surface area contributed by atoms with Gasteiger partial charge in [0.25, 0.3) is 0 Å². The lowest BCUT2D eigenvalue weighted by Crippen LogP contribution is -2.53. The van der Waals surface area contributed by atoms with Gasteiger partial charge < -0.3 is 24.4 Å². The SMILES string of the molecule is COC1(CNC(=O)N2CCOC(c3cccs3)C2)CCOCC1. The predicted molar refractivity (Wildman–Crippen MR) is 87.8 cm³/mol. The lowest BCUT2D eigenvalue weighted by molar-refractivity contribution is -0.0869. The van der Waals surface area contributed by atoms with Crippen molar-refractivity contribution in [2.75, 3.05) is 46.6 Å². The van der Waals surface area contributed by atoms with Gasteiger partial charge in [0.05, 0.1) is 18.8 Å². The number of methoxy groups -OCH3 is 1. The Morgan fingerprint density at radius 3 is 3.00 bits per heavy atom. The molecular formula is C16H24N2O4S. The predicted octanol–water partition coefficient (Wildman–Crippen LogP) is 2.03. The van der Waals surface area contributed by atoms with Crippen molar-refractivity contribution in [2.24, 2.45) is 0 Å². The van der Waals surface area contributed by atoms with Crippen molar-refractivity contribution >= 4 is 17.4 Å². The molecule has 23 heavy (non-hydrogen) atoms. The summed E-state index contributed by atoms with van der Waals surface area (Å²) in [6.07, 6.45) is 1.60. The maximum atomic E-state index is 12.5. The molecule has 2 aliphatic heterocycles. The molecule has 3 rings (SSSR count). The van der Waals surface area contributed by atoms with E-state index in [4.69, 9.17) is 14.2 Å².